The predicted octanol–water partition coefficient (Wildman–Crippen LogP) is 2.95. The largest absolute Gasteiger partial charge is 0.380 e. The van der Waals surface area contributed by atoms with E-state index in [2.05, 4.69) is 24.3 Å². The zero-order chi connectivity index (χ0) is 15.6. The first-order valence-electron chi connectivity index (χ1n) is 7.38. The van der Waals surface area contributed by atoms with Gasteiger partial charge in [-0.05, 0) is 27.8 Å². The number of methoxy groups -OCH3 is 2. The summed E-state index contributed by atoms with van der Waals surface area (Å²) >= 11 is 0. The summed E-state index contributed by atoms with van der Waals surface area (Å²) in [5.74, 6) is 0. The third-order valence-corrected chi connectivity index (χ3v) is 4.32. The molecule has 3 nitrogen and oxygen atoms in total. The summed E-state index contributed by atoms with van der Waals surface area (Å²) in [5, 5.41) is 0. The van der Waals surface area contributed by atoms with E-state index in [-0.39, 0.29) is 0 Å². The molecule has 0 aliphatic heterocycles. The molecule has 3 heteroatoms. The normalized spacial score (nSPS) is 20.3. The first-order valence-corrected chi connectivity index (χ1v) is 7.38. The zero-order valence-corrected chi connectivity index (χ0v) is 13.0. The van der Waals surface area contributed by atoms with Crippen LogP contribution in [0.2, 0.25) is 0 Å². The highest BCUT2D eigenvalue weighted by Gasteiger charge is 2.42. The van der Waals surface area contributed by atoms with E-state index in [1.165, 1.54) is 0 Å². The second-order valence-corrected chi connectivity index (χ2v) is 5.54. The molecule has 0 spiro atoms. The molecule has 0 radical (unpaired) electrons. The molecule has 1 atom stereocenters. The van der Waals surface area contributed by atoms with Crippen molar-refractivity contribution in [3.8, 4) is 0 Å². The molecule has 0 heterocycles. The molecule has 0 fully saturated rings. The second-order valence-electron chi connectivity index (χ2n) is 5.54. The van der Waals surface area contributed by atoms with E-state index >= 15 is 0 Å². The van der Waals surface area contributed by atoms with Gasteiger partial charge in [-0.3, -0.25) is 0 Å². The van der Waals surface area contributed by atoms with E-state index in [9.17, 15) is 0 Å². The van der Waals surface area contributed by atoms with Crippen LogP contribution in [0.25, 0.3) is 5.57 Å². The molecular weight excluding hydrogens is 274 g/mol. The van der Waals surface area contributed by atoms with Crippen LogP contribution < -0.4 is 5.73 Å². The summed E-state index contributed by atoms with van der Waals surface area (Å²) in [4.78, 5) is 0. The van der Waals surface area contributed by atoms with Gasteiger partial charge in [0.05, 0.1) is 18.8 Å². The summed E-state index contributed by atoms with van der Waals surface area (Å²) in [5.41, 5.74) is 11.8. The Morgan fingerprint density at radius 1 is 0.864 bits per heavy atom. The van der Waals surface area contributed by atoms with Crippen LogP contribution in [0, 0.1) is 0 Å². The fourth-order valence-corrected chi connectivity index (χ4v) is 3.34. The Bertz CT molecular complexity index is 694. The standard InChI is InChI=1S/C19H21NO2/c1-21-12-16-15-10-6-7-11-17(15)19(20,18(16)13-22-2)14-8-4-3-5-9-14/h3-11H,12-13,20H2,1-2H3/t19-/m0/s1. The molecule has 1 aliphatic carbocycles. The van der Waals surface area contributed by atoms with Gasteiger partial charge in [-0.25, -0.2) is 0 Å². The molecule has 114 valence electrons. The summed E-state index contributed by atoms with van der Waals surface area (Å²) < 4.78 is 10.9. The van der Waals surface area contributed by atoms with Crippen LogP contribution >= 0.6 is 0 Å². The van der Waals surface area contributed by atoms with E-state index in [0.717, 1.165) is 27.8 Å². The highest BCUT2D eigenvalue weighted by Crippen LogP contribution is 2.47. The van der Waals surface area contributed by atoms with Crippen LogP contribution in [-0.2, 0) is 15.0 Å². The van der Waals surface area contributed by atoms with Gasteiger partial charge in [-0.2, -0.15) is 0 Å². The summed E-state index contributed by atoms with van der Waals surface area (Å²) in [6.07, 6.45) is 0. The van der Waals surface area contributed by atoms with Crippen LogP contribution in [-0.4, -0.2) is 27.4 Å². The average Bonchev–Trinajstić information content (AvgIpc) is 2.81. The second kappa shape index (κ2) is 6.05. The Labute approximate surface area is 131 Å². The molecular formula is C19H21NO2. The minimum absolute atomic E-state index is 0.485. The predicted molar refractivity (Wildman–Crippen MR) is 88.5 cm³/mol. The molecule has 0 amide bonds. The number of hydrogen-bond donors (Lipinski definition) is 1. The molecule has 2 aromatic carbocycles. The van der Waals surface area contributed by atoms with Crippen LogP contribution in [0.3, 0.4) is 0 Å². The van der Waals surface area contributed by atoms with E-state index < -0.39 is 5.54 Å². The van der Waals surface area contributed by atoms with Crippen molar-refractivity contribution >= 4 is 5.57 Å². The molecule has 0 unspecified atom stereocenters. The third-order valence-electron chi connectivity index (χ3n) is 4.32. The maximum Gasteiger partial charge on any atom is 0.0917 e. The van der Waals surface area contributed by atoms with Gasteiger partial charge in [0.25, 0.3) is 0 Å². The topological polar surface area (TPSA) is 44.5 Å². The van der Waals surface area contributed by atoms with Crippen molar-refractivity contribution < 1.29 is 9.47 Å². The smallest absolute Gasteiger partial charge is 0.0917 e. The van der Waals surface area contributed by atoms with Crippen molar-refractivity contribution in [2.45, 2.75) is 5.54 Å². The van der Waals surface area contributed by atoms with Gasteiger partial charge in [-0.15, -0.1) is 0 Å². The Morgan fingerprint density at radius 3 is 2.18 bits per heavy atom. The van der Waals surface area contributed by atoms with Crippen molar-refractivity contribution in [3.63, 3.8) is 0 Å². The fraction of sp³-hybridized carbons (Fsp3) is 0.263. The van der Waals surface area contributed by atoms with E-state index in [1.807, 2.05) is 30.3 Å². The highest BCUT2D eigenvalue weighted by molar-refractivity contribution is 5.83. The van der Waals surface area contributed by atoms with Crippen molar-refractivity contribution in [2.75, 3.05) is 27.4 Å². The quantitative estimate of drug-likeness (QED) is 0.922. The van der Waals surface area contributed by atoms with Crippen molar-refractivity contribution in [1.82, 2.24) is 0 Å². The molecule has 3 rings (SSSR count). The first-order chi connectivity index (χ1) is 10.7. The molecule has 0 aromatic heterocycles. The summed E-state index contributed by atoms with van der Waals surface area (Å²) in [7, 11) is 3.41. The fourth-order valence-electron chi connectivity index (χ4n) is 3.34. The number of rotatable bonds is 5. The molecule has 1 aliphatic rings. The van der Waals surface area contributed by atoms with Crippen molar-refractivity contribution in [3.05, 3.63) is 76.9 Å². The molecule has 0 saturated heterocycles. The van der Waals surface area contributed by atoms with Gasteiger partial charge in [0.2, 0.25) is 0 Å². The third kappa shape index (κ3) is 2.18. The van der Waals surface area contributed by atoms with Crippen molar-refractivity contribution in [2.24, 2.45) is 5.73 Å². The van der Waals surface area contributed by atoms with Crippen LogP contribution in [0.15, 0.2) is 60.2 Å². The highest BCUT2D eigenvalue weighted by atomic mass is 16.5. The number of ether oxygens (including phenoxy) is 2. The average molecular weight is 295 g/mol. The van der Waals surface area contributed by atoms with E-state index in [4.69, 9.17) is 15.2 Å². The molecule has 2 N–H and O–H groups in total. The van der Waals surface area contributed by atoms with E-state index in [0.29, 0.717) is 13.2 Å². The monoisotopic (exact) mass is 295 g/mol. The van der Waals surface area contributed by atoms with Gasteiger partial charge >= 0.3 is 0 Å². The number of nitrogens with two attached hydrogens (primary N) is 1. The Kier molecular flexibility index (Phi) is 4.12. The van der Waals surface area contributed by atoms with Gasteiger partial charge in [-0.1, -0.05) is 54.6 Å². The van der Waals surface area contributed by atoms with Crippen molar-refractivity contribution in [1.29, 1.82) is 0 Å². The SMILES string of the molecule is COCC1=C(COC)[C@](N)(c2ccccc2)c2ccccc21. The minimum Gasteiger partial charge on any atom is -0.380 e. The molecule has 22 heavy (non-hydrogen) atoms. The van der Waals surface area contributed by atoms with Crippen LogP contribution in [0.4, 0.5) is 0 Å². The van der Waals surface area contributed by atoms with Gasteiger partial charge in [0.15, 0.2) is 0 Å². The maximum atomic E-state index is 6.95. The van der Waals surface area contributed by atoms with Gasteiger partial charge < -0.3 is 15.2 Å². The lowest BCUT2D eigenvalue weighted by molar-refractivity contribution is 0.212. The lowest BCUT2D eigenvalue weighted by Gasteiger charge is -2.30. The minimum atomic E-state index is -0.665. The summed E-state index contributed by atoms with van der Waals surface area (Å²) in [6.45, 7) is 1.01. The molecule has 0 saturated carbocycles. The lowest BCUT2D eigenvalue weighted by atomic mass is 9.81. The Morgan fingerprint density at radius 2 is 1.50 bits per heavy atom. The maximum absolute atomic E-state index is 6.95. The first kappa shape index (κ1) is 15.0. The summed E-state index contributed by atoms with van der Waals surface area (Å²) in [6, 6.07) is 18.5. The van der Waals surface area contributed by atoms with Crippen LogP contribution in [0.5, 0.6) is 0 Å². The van der Waals surface area contributed by atoms with E-state index in [1.54, 1.807) is 14.2 Å². The Hall–Kier alpha value is -1.94. The van der Waals surface area contributed by atoms with Gasteiger partial charge in [0.1, 0.15) is 0 Å². The molecule has 0 bridgehead atoms. The number of hydrogen-bond acceptors (Lipinski definition) is 3. The molecule has 2 aromatic rings. The van der Waals surface area contributed by atoms with Crippen LogP contribution in [0.1, 0.15) is 16.7 Å². The zero-order valence-electron chi connectivity index (χ0n) is 13.0. The number of benzene rings is 2. The van der Waals surface area contributed by atoms with Gasteiger partial charge in [0, 0.05) is 14.2 Å². The number of fused-ring (bicyclic) bond motifs is 1. The lowest BCUT2D eigenvalue weighted by Crippen LogP contribution is -2.39. The Balaban J connectivity index is 2.26.